The lowest BCUT2D eigenvalue weighted by Crippen LogP contribution is -2.26. The van der Waals surface area contributed by atoms with Crippen molar-refractivity contribution in [1.29, 1.82) is 0 Å². The van der Waals surface area contributed by atoms with Crippen molar-refractivity contribution in [2.45, 2.75) is 26.0 Å². The number of carbonyl (C=O) groups excluding carboxylic acids is 1. The molecule has 0 spiro atoms. The quantitative estimate of drug-likeness (QED) is 0.701. The molecule has 6 heteroatoms. The standard InChI is InChI=1S/C21H20FN3O2/c1-21(2,27)10-9-14-5-4-6-15(11-14)20(26)25(3)13-19-23-17-8-7-16(22)12-18(17)24-19/h4-8,11-12,27H,13H2,1-3H3,(H,23,24). The topological polar surface area (TPSA) is 69.2 Å². The van der Waals surface area contributed by atoms with E-state index in [9.17, 15) is 14.3 Å². The van der Waals surface area contributed by atoms with Crippen LogP contribution in [-0.2, 0) is 6.54 Å². The van der Waals surface area contributed by atoms with Crippen LogP contribution in [0.2, 0.25) is 0 Å². The molecule has 0 aliphatic rings. The number of nitrogens with one attached hydrogen (secondary N) is 1. The zero-order valence-electron chi connectivity index (χ0n) is 15.4. The highest BCUT2D eigenvalue weighted by atomic mass is 19.1. The molecule has 3 rings (SSSR count). The van der Waals surface area contributed by atoms with Gasteiger partial charge in [0.05, 0.1) is 17.6 Å². The first-order chi connectivity index (χ1) is 12.7. The maximum absolute atomic E-state index is 13.3. The van der Waals surface area contributed by atoms with Gasteiger partial charge >= 0.3 is 0 Å². The van der Waals surface area contributed by atoms with Gasteiger partial charge in [0, 0.05) is 18.2 Å². The highest BCUT2D eigenvalue weighted by molar-refractivity contribution is 5.94. The second-order valence-corrected chi connectivity index (χ2v) is 6.90. The summed E-state index contributed by atoms with van der Waals surface area (Å²) in [6.45, 7) is 3.46. The molecule has 0 saturated carbocycles. The fraction of sp³-hybridized carbons (Fsp3) is 0.238. The van der Waals surface area contributed by atoms with Gasteiger partial charge in [-0.2, -0.15) is 0 Å². The average Bonchev–Trinajstić information content (AvgIpc) is 3.00. The van der Waals surface area contributed by atoms with Crippen molar-refractivity contribution in [3.8, 4) is 11.8 Å². The van der Waals surface area contributed by atoms with Crippen LogP contribution in [0.3, 0.4) is 0 Å². The van der Waals surface area contributed by atoms with Crippen LogP contribution < -0.4 is 0 Å². The third kappa shape index (κ3) is 4.72. The minimum atomic E-state index is -1.10. The summed E-state index contributed by atoms with van der Waals surface area (Å²) in [6, 6.07) is 11.2. The van der Waals surface area contributed by atoms with Crippen LogP contribution in [0.25, 0.3) is 11.0 Å². The Labute approximate surface area is 156 Å². The summed E-state index contributed by atoms with van der Waals surface area (Å²) in [5, 5.41) is 9.70. The zero-order chi connectivity index (χ0) is 19.6. The third-order valence-corrected chi connectivity index (χ3v) is 3.85. The van der Waals surface area contributed by atoms with Crippen LogP contribution >= 0.6 is 0 Å². The Bertz CT molecular complexity index is 1050. The Hall–Kier alpha value is -3.17. The van der Waals surface area contributed by atoms with E-state index in [0.29, 0.717) is 28.0 Å². The van der Waals surface area contributed by atoms with Crippen LogP contribution in [0.15, 0.2) is 42.5 Å². The summed E-state index contributed by atoms with van der Waals surface area (Å²) >= 11 is 0. The summed E-state index contributed by atoms with van der Waals surface area (Å²) in [6.07, 6.45) is 0. The molecular weight excluding hydrogens is 345 g/mol. The Morgan fingerprint density at radius 3 is 2.81 bits per heavy atom. The van der Waals surface area contributed by atoms with E-state index in [1.165, 1.54) is 17.0 Å². The Morgan fingerprint density at radius 2 is 2.07 bits per heavy atom. The number of aromatic amines is 1. The number of halogens is 1. The van der Waals surface area contributed by atoms with Crippen LogP contribution in [-0.4, -0.2) is 38.5 Å². The van der Waals surface area contributed by atoms with Gasteiger partial charge in [0.25, 0.3) is 5.91 Å². The molecule has 3 aromatic rings. The number of imidazole rings is 1. The molecule has 0 saturated heterocycles. The summed E-state index contributed by atoms with van der Waals surface area (Å²) in [5.41, 5.74) is 1.28. The van der Waals surface area contributed by atoms with Crippen LogP contribution in [0, 0.1) is 17.7 Å². The number of carbonyl (C=O) groups is 1. The largest absolute Gasteiger partial charge is 0.378 e. The molecule has 2 aromatic carbocycles. The molecule has 0 fully saturated rings. The number of hydrogen-bond acceptors (Lipinski definition) is 3. The van der Waals surface area contributed by atoms with E-state index < -0.39 is 5.60 Å². The third-order valence-electron chi connectivity index (χ3n) is 3.85. The molecule has 1 amide bonds. The van der Waals surface area contributed by atoms with Crippen molar-refractivity contribution in [2.75, 3.05) is 7.05 Å². The molecule has 0 radical (unpaired) electrons. The predicted octanol–water partition coefficient (Wildman–Crippen LogP) is 3.10. The highest BCUT2D eigenvalue weighted by Crippen LogP contribution is 2.15. The Kier molecular flexibility index (Phi) is 4.98. The molecule has 1 heterocycles. The average molecular weight is 365 g/mol. The molecule has 5 nitrogen and oxygen atoms in total. The van der Waals surface area contributed by atoms with E-state index in [0.717, 1.165) is 0 Å². The van der Waals surface area contributed by atoms with Crippen molar-refractivity contribution >= 4 is 16.9 Å². The molecule has 1 aromatic heterocycles. The SMILES string of the molecule is CN(Cc1nc2ccc(F)cc2[nH]1)C(=O)c1cccc(C#CC(C)(C)O)c1. The van der Waals surface area contributed by atoms with E-state index in [2.05, 4.69) is 21.8 Å². The molecule has 138 valence electrons. The Morgan fingerprint density at radius 1 is 1.30 bits per heavy atom. The maximum atomic E-state index is 13.3. The molecule has 2 N–H and O–H groups in total. The molecule has 27 heavy (non-hydrogen) atoms. The number of H-pyrrole nitrogens is 1. The summed E-state index contributed by atoms with van der Waals surface area (Å²) in [5.74, 6) is 5.64. The number of amides is 1. The Balaban J connectivity index is 1.77. The minimum absolute atomic E-state index is 0.187. The lowest BCUT2D eigenvalue weighted by Gasteiger charge is -2.16. The number of rotatable bonds is 3. The second-order valence-electron chi connectivity index (χ2n) is 6.90. The summed E-state index contributed by atoms with van der Waals surface area (Å²) < 4.78 is 13.3. The zero-order valence-corrected chi connectivity index (χ0v) is 15.4. The molecule has 0 bridgehead atoms. The fourth-order valence-electron chi connectivity index (χ4n) is 2.58. The summed E-state index contributed by atoms with van der Waals surface area (Å²) in [7, 11) is 1.67. The van der Waals surface area contributed by atoms with E-state index in [-0.39, 0.29) is 18.3 Å². The van der Waals surface area contributed by atoms with Crippen LogP contribution in [0.1, 0.15) is 35.6 Å². The summed E-state index contributed by atoms with van der Waals surface area (Å²) in [4.78, 5) is 21.6. The minimum Gasteiger partial charge on any atom is -0.378 e. The normalized spacial score (nSPS) is 11.1. The lowest BCUT2D eigenvalue weighted by molar-refractivity contribution is 0.0782. The van der Waals surface area contributed by atoms with Crippen molar-refractivity contribution in [3.05, 3.63) is 65.2 Å². The van der Waals surface area contributed by atoms with Crippen molar-refractivity contribution in [3.63, 3.8) is 0 Å². The van der Waals surface area contributed by atoms with Gasteiger partial charge in [0.15, 0.2) is 0 Å². The number of aliphatic hydroxyl groups is 1. The number of aromatic nitrogens is 2. The van der Waals surface area contributed by atoms with Crippen molar-refractivity contribution in [1.82, 2.24) is 14.9 Å². The van der Waals surface area contributed by atoms with E-state index in [1.54, 1.807) is 51.2 Å². The van der Waals surface area contributed by atoms with Gasteiger partial charge in [-0.15, -0.1) is 0 Å². The van der Waals surface area contributed by atoms with Gasteiger partial charge in [-0.3, -0.25) is 4.79 Å². The second kappa shape index (κ2) is 7.22. The van der Waals surface area contributed by atoms with Gasteiger partial charge in [0.1, 0.15) is 17.2 Å². The van der Waals surface area contributed by atoms with Gasteiger partial charge in [-0.25, -0.2) is 9.37 Å². The smallest absolute Gasteiger partial charge is 0.254 e. The van der Waals surface area contributed by atoms with Gasteiger partial charge in [-0.1, -0.05) is 17.9 Å². The van der Waals surface area contributed by atoms with Gasteiger partial charge < -0.3 is 15.0 Å². The van der Waals surface area contributed by atoms with Gasteiger partial charge in [-0.05, 0) is 50.2 Å². The first-order valence-electron chi connectivity index (χ1n) is 8.46. The van der Waals surface area contributed by atoms with E-state index in [1.807, 2.05) is 0 Å². The van der Waals surface area contributed by atoms with Crippen molar-refractivity contribution < 1.29 is 14.3 Å². The number of nitrogens with zero attached hydrogens (tertiary/aromatic N) is 2. The molecule has 0 unspecified atom stereocenters. The first kappa shape index (κ1) is 18.6. The fourth-order valence-corrected chi connectivity index (χ4v) is 2.58. The number of benzene rings is 2. The van der Waals surface area contributed by atoms with Crippen LogP contribution in [0.4, 0.5) is 4.39 Å². The van der Waals surface area contributed by atoms with E-state index >= 15 is 0 Å². The molecule has 0 aliphatic carbocycles. The van der Waals surface area contributed by atoms with E-state index in [4.69, 9.17) is 0 Å². The number of hydrogen-bond donors (Lipinski definition) is 2. The molecule has 0 atom stereocenters. The van der Waals surface area contributed by atoms with Crippen molar-refractivity contribution in [2.24, 2.45) is 0 Å². The maximum Gasteiger partial charge on any atom is 0.254 e. The first-order valence-corrected chi connectivity index (χ1v) is 8.46. The predicted molar refractivity (Wildman–Crippen MR) is 101 cm³/mol. The van der Waals surface area contributed by atoms with Crippen LogP contribution in [0.5, 0.6) is 0 Å². The lowest BCUT2D eigenvalue weighted by atomic mass is 10.1. The molecular formula is C21H20FN3O2. The van der Waals surface area contributed by atoms with Gasteiger partial charge in [0.2, 0.25) is 0 Å². The monoisotopic (exact) mass is 365 g/mol. The number of fused-ring (bicyclic) bond motifs is 1. The molecule has 0 aliphatic heterocycles. The highest BCUT2D eigenvalue weighted by Gasteiger charge is 2.14.